The first-order valence-electron chi connectivity index (χ1n) is 7.91. The minimum absolute atomic E-state index is 0.0780. The van der Waals surface area contributed by atoms with Gasteiger partial charge in [0.2, 0.25) is 0 Å². The van der Waals surface area contributed by atoms with E-state index in [9.17, 15) is 4.79 Å². The molecule has 2 rings (SSSR count). The fraction of sp³-hybridized carbons (Fsp3) is 0.389. The SMILES string of the molecule is CC(C)NC(=O)c1cnc(N(Cc2ccccc2)C(C)C)cn1. The van der Waals surface area contributed by atoms with Crippen LogP contribution in [0.1, 0.15) is 43.7 Å². The third-order valence-corrected chi connectivity index (χ3v) is 3.40. The van der Waals surface area contributed by atoms with Crippen molar-refractivity contribution in [3.05, 3.63) is 54.0 Å². The molecule has 1 aromatic carbocycles. The van der Waals surface area contributed by atoms with Gasteiger partial charge in [-0.1, -0.05) is 30.3 Å². The summed E-state index contributed by atoms with van der Waals surface area (Å²) in [7, 11) is 0. The molecule has 0 spiro atoms. The zero-order valence-electron chi connectivity index (χ0n) is 14.2. The van der Waals surface area contributed by atoms with Gasteiger partial charge in [0.15, 0.2) is 0 Å². The van der Waals surface area contributed by atoms with Crippen LogP contribution < -0.4 is 10.2 Å². The van der Waals surface area contributed by atoms with E-state index >= 15 is 0 Å². The fourth-order valence-corrected chi connectivity index (χ4v) is 2.23. The molecule has 0 saturated heterocycles. The molecule has 2 aromatic rings. The lowest BCUT2D eigenvalue weighted by Gasteiger charge is -2.27. The second kappa shape index (κ2) is 7.72. The number of aromatic nitrogens is 2. The molecule has 1 heterocycles. The van der Waals surface area contributed by atoms with E-state index in [4.69, 9.17) is 0 Å². The molecule has 23 heavy (non-hydrogen) atoms. The average Bonchev–Trinajstić information content (AvgIpc) is 2.53. The summed E-state index contributed by atoms with van der Waals surface area (Å²) in [5.74, 6) is 0.572. The molecule has 5 heteroatoms. The van der Waals surface area contributed by atoms with Gasteiger partial charge in [0, 0.05) is 18.6 Å². The molecule has 1 aromatic heterocycles. The Balaban J connectivity index is 2.15. The molecule has 0 unspecified atom stereocenters. The molecule has 0 saturated carbocycles. The number of anilines is 1. The van der Waals surface area contributed by atoms with Crippen molar-refractivity contribution in [2.45, 2.75) is 46.3 Å². The average molecular weight is 312 g/mol. The number of nitrogens with one attached hydrogen (secondary N) is 1. The van der Waals surface area contributed by atoms with Crippen molar-refractivity contribution in [3.8, 4) is 0 Å². The number of rotatable bonds is 6. The number of hydrogen-bond donors (Lipinski definition) is 1. The highest BCUT2D eigenvalue weighted by molar-refractivity contribution is 5.92. The molecule has 1 amide bonds. The number of nitrogens with zero attached hydrogens (tertiary/aromatic N) is 3. The van der Waals surface area contributed by atoms with Crippen LogP contribution in [-0.2, 0) is 6.54 Å². The van der Waals surface area contributed by atoms with E-state index in [1.807, 2.05) is 32.0 Å². The molecule has 0 fully saturated rings. The fourth-order valence-electron chi connectivity index (χ4n) is 2.23. The van der Waals surface area contributed by atoms with Crippen LogP contribution in [0.5, 0.6) is 0 Å². The lowest BCUT2D eigenvalue weighted by Crippen LogP contribution is -2.32. The van der Waals surface area contributed by atoms with Gasteiger partial charge in [-0.25, -0.2) is 9.97 Å². The minimum atomic E-state index is -0.196. The lowest BCUT2D eigenvalue weighted by atomic mass is 10.2. The molecule has 122 valence electrons. The second-order valence-corrected chi connectivity index (χ2v) is 6.10. The number of hydrogen-bond acceptors (Lipinski definition) is 4. The van der Waals surface area contributed by atoms with E-state index in [0.717, 1.165) is 12.4 Å². The zero-order valence-corrected chi connectivity index (χ0v) is 14.2. The molecular weight excluding hydrogens is 288 g/mol. The Hall–Kier alpha value is -2.43. The van der Waals surface area contributed by atoms with Gasteiger partial charge in [-0.15, -0.1) is 0 Å². The maximum Gasteiger partial charge on any atom is 0.271 e. The molecule has 0 bridgehead atoms. The van der Waals surface area contributed by atoms with Crippen molar-refractivity contribution in [2.24, 2.45) is 0 Å². The highest BCUT2D eigenvalue weighted by Crippen LogP contribution is 2.16. The maximum atomic E-state index is 11.9. The standard InChI is InChI=1S/C18H24N4O/c1-13(2)21-18(23)16-10-20-17(11-19-16)22(14(3)4)12-15-8-6-5-7-9-15/h5-11,13-14H,12H2,1-4H3,(H,21,23). The van der Waals surface area contributed by atoms with E-state index < -0.39 is 0 Å². The van der Waals surface area contributed by atoms with E-state index in [2.05, 4.69) is 46.2 Å². The molecule has 5 nitrogen and oxygen atoms in total. The number of carbonyl (C=O) groups is 1. The van der Waals surface area contributed by atoms with Crippen LogP contribution in [0.3, 0.4) is 0 Å². The summed E-state index contributed by atoms with van der Waals surface area (Å²) < 4.78 is 0. The monoisotopic (exact) mass is 312 g/mol. The molecule has 0 atom stereocenters. The Morgan fingerprint density at radius 1 is 1.09 bits per heavy atom. The molecule has 0 radical (unpaired) electrons. The normalized spacial score (nSPS) is 10.9. The van der Waals surface area contributed by atoms with Crippen LogP contribution in [0.4, 0.5) is 5.82 Å². The van der Waals surface area contributed by atoms with Crippen molar-refractivity contribution in [1.29, 1.82) is 0 Å². The lowest BCUT2D eigenvalue weighted by molar-refractivity contribution is 0.0937. The Morgan fingerprint density at radius 3 is 2.30 bits per heavy atom. The number of carbonyl (C=O) groups excluding carboxylic acids is 1. The van der Waals surface area contributed by atoms with Gasteiger partial charge < -0.3 is 10.2 Å². The summed E-state index contributed by atoms with van der Waals surface area (Å²) >= 11 is 0. The van der Waals surface area contributed by atoms with Crippen molar-refractivity contribution in [1.82, 2.24) is 15.3 Å². The van der Waals surface area contributed by atoms with Crippen LogP contribution in [0.2, 0.25) is 0 Å². The third kappa shape index (κ3) is 4.77. The predicted molar refractivity (Wildman–Crippen MR) is 92.4 cm³/mol. The summed E-state index contributed by atoms with van der Waals surface area (Å²) in [5.41, 5.74) is 1.55. The van der Waals surface area contributed by atoms with Gasteiger partial charge in [-0.3, -0.25) is 4.79 Å². The Bertz CT molecular complexity index is 623. The number of amides is 1. The third-order valence-electron chi connectivity index (χ3n) is 3.40. The van der Waals surface area contributed by atoms with Crippen LogP contribution >= 0.6 is 0 Å². The molecule has 0 aliphatic heterocycles. The summed E-state index contributed by atoms with van der Waals surface area (Å²) in [6.07, 6.45) is 3.20. The summed E-state index contributed by atoms with van der Waals surface area (Å²) in [6.45, 7) is 8.82. The Morgan fingerprint density at radius 2 is 1.78 bits per heavy atom. The quantitative estimate of drug-likeness (QED) is 0.891. The van der Waals surface area contributed by atoms with E-state index in [1.165, 1.54) is 11.8 Å². The van der Waals surface area contributed by atoms with E-state index in [-0.39, 0.29) is 18.0 Å². The maximum absolute atomic E-state index is 11.9. The largest absolute Gasteiger partial charge is 0.349 e. The summed E-state index contributed by atoms with van der Waals surface area (Å²) in [4.78, 5) is 22.8. The van der Waals surface area contributed by atoms with Crippen LogP contribution in [0, 0.1) is 0 Å². The Labute approximate surface area is 137 Å². The van der Waals surface area contributed by atoms with Crippen LogP contribution in [0.15, 0.2) is 42.7 Å². The van der Waals surface area contributed by atoms with Crippen LogP contribution in [-0.4, -0.2) is 28.0 Å². The first-order chi connectivity index (χ1) is 11.0. The van der Waals surface area contributed by atoms with Crippen molar-refractivity contribution in [3.63, 3.8) is 0 Å². The van der Waals surface area contributed by atoms with Crippen molar-refractivity contribution in [2.75, 3.05) is 4.90 Å². The first kappa shape index (κ1) is 16.9. The number of benzene rings is 1. The van der Waals surface area contributed by atoms with Gasteiger partial charge in [0.25, 0.3) is 5.91 Å². The molecular formula is C18H24N4O. The van der Waals surface area contributed by atoms with Crippen molar-refractivity contribution < 1.29 is 4.79 Å². The minimum Gasteiger partial charge on any atom is -0.349 e. The summed E-state index contributed by atoms with van der Waals surface area (Å²) in [6, 6.07) is 10.6. The van der Waals surface area contributed by atoms with Gasteiger partial charge in [0.05, 0.1) is 12.4 Å². The summed E-state index contributed by atoms with van der Waals surface area (Å²) in [5, 5.41) is 2.82. The van der Waals surface area contributed by atoms with Gasteiger partial charge in [-0.05, 0) is 33.3 Å². The van der Waals surface area contributed by atoms with E-state index in [1.54, 1.807) is 6.20 Å². The van der Waals surface area contributed by atoms with Crippen LogP contribution in [0.25, 0.3) is 0 Å². The smallest absolute Gasteiger partial charge is 0.271 e. The molecule has 1 N–H and O–H groups in total. The molecule has 0 aliphatic rings. The first-order valence-corrected chi connectivity index (χ1v) is 7.91. The highest BCUT2D eigenvalue weighted by atomic mass is 16.1. The zero-order chi connectivity index (χ0) is 16.8. The van der Waals surface area contributed by atoms with Crippen molar-refractivity contribution >= 4 is 11.7 Å². The Kier molecular flexibility index (Phi) is 5.68. The molecule has 0 aliphatic carbocycles. The topological polar surface area (TPSA) is 58.1 Å². The van der Waals surface area contributed by atoms with Gasteiger partial charge >= 0.3 is 0 Å². The highest BCUT2D eigenvalue weighted by Gasteiger charge is 2.15. The van der Waals surface area contributed by atoms with Gasteiger partial charge in [-0.2, -0.15) is 0 Å². The second-order valence-electron chi connectivity index (χ2n) is 6.10. The predicted octanol–water partition coefficient (Wildman–Crippen LogP) is 3.03. The van der Waals surface area contributed by atoms with Gasteiger partial charge in [0.1, 0.15) is 11.5 Å². The van der Waals surface area contributed by atoms with E-state index in [0.29, 0.717) is 5.69 Å².